The van der Waals surface area contributed by atoms with Crippen molar-refractivity contribution in [1.29, 1.82) is 5.26 Å². The maximum absolute atomic E-state index is 8.89. The van der Waals surface area contributed by atoms with Gasteiger partial charge in [-0.3, -0.25) is 0 Å². The van der Waals surface area contributed by atoms with E-state index in [2.05, 4.69) is 26.0 Å². The molecule has 2 aromatic rings. The molecule has 4 nitrogen and oxygen atoms in total. The summed E-state index contributed by atoms with van der Waals surface area (Å²) in [5, 5.41) is 13.5. The van der Waals surface area contributed by atoms with Gasteiger partial charge in [-0.1, -0.05) is 11.6 Å². The third-order valence-electron chi connectivity index (χ3n) is 2.33. The second-order valence-electron chi connectivity index (χ2n) is 3.55. The predicted octanol–water partition coefficient (Wildman–Crippen LogP) is 3.17. The lowest BCUT2D eigenvalue weighted by atomic mass is 10.3. The second-order valence-corrected chi connectivity index (χ2v) is 4.73. The van der Waals surface area contributed by atoms with E-state index in [1.54, 1.807) is 10.7 Å². The molecule has 0 spiro atoms. The first-order chi connectivity index (χ1) is 8.02. The quantitative estimate of drug-likeness (QED) is 0.760. The van der Waals surface area contributed by atoms with Crippen LogP contribution in [0, 0.1) is 25.2 Å². The van der Waals surface area contributed by atoms with Crippen LogP contribution < -0.4 is 0 Å². The van der Waals surface area contributed by atoms with Gasteiger partial charge >= 0.3 is 0 Å². The van der Waals surface area contributed by atoms with Crippen LogP contribution in [0.15, 0.2) is 16.6 Å². The minimum atomic E-state index is 0.280. The third kappa shape index (κ3) is 2.19. The minimum absolute atomic E-state index is 0.280. The smallest absolute Gasteiger partial charge is 0.156 e. The van der Waals surface area contributed by atoms with Crippen LogP contribution in [-0.2, 0) is 0 Å². The molecule has 0 N–H and O–H groups in total. The number of nitriles is 1. The molecule has 0 saturated carbocycles. The highest BCUT2D eigenvalue weighted by Gasteiger charge is 2.12. The topological polar surface area (TPSA) is 54.5 Å². The molecule has 0 fully saturated rings. The van der Waals surface area contributed by atoms with E-state index < -0.39 is 0 Å². The molecule has 0 saturated heterocycles. The number of halogens is 2. The van der Waals surface area contributed by atoms with E-state index >= 15 is 0 Å². The average molecular weight is 312 g/mol. The molecule has 86 valence electrons. The number of pyridine rings is 1. The second kappa shape index (κ2) is 4.47. The van der Waals surface area contributed by atoms with Crippen molar-refractivity contribution in [3.8, 4) is 11.9 Å². The zero-order valence-electron chi connectivity index (χ0n) is 9.20. The van der Waals surface area contributed by atoms with E-state index in [9.17, 15) is 0 Å². The Hall–Kier alpha value is -1.38. The molecular formula is C11H8BrClN4. The molecule has 0 unspecified atom stereocenters. The van der Waals surface area contributed by atoms with Gasteiger partial charge in [-0.05, 0) is 35.8 Å². The summed E-state index contributed by atoms with van der Waals surface area (Å²) in [6.45, 7) is 3.81. The normalized spacial score (nSPS) is 10.3. The fourth-order valence-corrected chi connectivity index (χ4v) is 1.95. The Morgan fingerprint density at radius 1 is 1.41 bits per heavy atom. The lowest BCUT2D eigenvalue weighted by Gasteiger charge is -2.04. The van der Waals surface area contributed by atoms with Crippen molar-refractivity contribution in [3.63, 3.8) is 0 Å². The van der Waals surface area contributed by atoms with Crippen LogP contribution in [0.4, 0.5) is 0 Å². The Balaban J connectivity index is 2.65. The van der Waals surface area contributed by atoms with E-state index in [0.717, 1.165) is 15.9 Å². The zero-order valence-corrected chi connectivity index (χ0v) is 11.5. The molecule has 17 heavy (non-hydrogen) atoms. The van der Waals surface area contributed by atoms with Crippen LogP contribution in [0.5, 0.6) is 0 Å². The molecule has 0 aliphatic carbocycles. The van der Waals surface area contributed by atoms with Crippen molar-refractivity contribution in [2.75, 3.05) is 0 Å². The molecule has 2 aromatic heterocycles. The van der Waals surface area contributed by atoms with Gasteiger partial charge in [0.15, 0.2) is 5.82 Å². The van der Waals surface area contributed by atoms with Gasteiger partial charge in [0, 0.05) is 6.07 Å². The molecular weight excluding hydrogens is 304 g/mol. The molecule has 0 radical (unpaired) electrons. The maximum Gasteiger partial charge on any atom is 0.156 e. The fraction of sp³-hybridized carbons (Fsp3) is 0.182. The van der Waals surface area contributed by atoms with Crippen LogP contribution in [0.2, 0.25) is 5.15 Å². The van der Waals surface area contributed by atoms with Crippen molar-refractivity contribution in [2.45, 2.75) is 13.8 Å². The number of aromatic nitrogens is 3. The lowest BCUT2D eigenvalue weighted by Crippen LogP contribution is -2.02. The Morgan fingerprint density at radius 3 is 2.65 bits per heavy atom. The highest BCUT2D eigenvalue weighted by molar-refractivity contribution is 9.10. The summed E-state index contributed by atoms with van der Waals surface area (Å²) >= 11 is 9.30. The lowest BCUT2D eigenvalue weighted by molar-refractivity contribution is 0.805. The number of aryl methyl sites for hydroxylation is 1. The number of hydrogen-bond acceptors (Lipinski definition) is 3. The fourth-order valence-electron chi connectivity index (χ4n) is 1.50. The molecule has 2 rings (SSSR count). The van der Waals surface area contributed by atoms with Gasteiger partial charge in [0.1, 0.15) is 5.15 Å². The number of nitrogens with zero attached hydrogens (tertiary/aromatic N) is 4. The van der Waals surface area contributed by atoms with E-state index in [1.165, 1.54) is 6.07 Å². The van der Waals surface area contributed by atoms with Gasteiger partial charge in [0.25, 0.3) is 0 Å². The van der Waals surface area contributed by atoms with E-state index in [1.807, 2.05) is 19.9 Å². The monoisotopic (exact) mass is 310 g/mol. The van der Waals surface area contributed by atoms with Gasteiger partial charge in [-0.2, -0.15) is 10.4 Å². The first-order valence-electron chi connectivity index (χ1n) is 4.82. The molecule has 0 aliphatic heterocycles. The van der Waals surface area contributed by atoms with Gasteiger partial charge in [0.05, 0.1) is 27.5 Å². The predicted molar refractivity (Wildman–Crippen MR) is 68.3 cm³/mol. The van der Waals surface area contributed by atoms with Crippen molar-refractivity contribution in [1.82, 2.24) is 14.8 Å². The summed E-state index contributed by atoms with van der Waals surface area (Å²) in [6.07, 6.45) is 0. The standard InChI is InChI=1S/C11H8BrClN4/c1-6-11(12)7(2)17(16-6)10-4-8(5-14)3-9(13)15-10/h3-4H,1-2H3. The average Bonchev–Trinajstić information content (AvgIpc) is 2.56. The Kier molecular flexibility index (Phi) is 3.18. The van der Waals surface area contributed by atoms with Crippen molar-refractivity contribution in [3.05, 3.63) is 38.7 Å². The summed E-state index contributed by atoms with van der Waals surface area (Å²) in [7, 11) is 0. The minimum Gasteiger partial charge on any atom is -0.218 e. The number of rotatable bonds is 1. The molecule has 0 atom stereocenters. The highest BCUT2D eigenvalue weighted by atomic mass is 79.9. The molecule has 6 heteroatoms. The van der Waals surface area contributed by atoms with Crippen LogP contribution in [0.1, 0.15) is 17.0 Å². The SMILES string of the molecule is Cc1nn(-c2cc(C#N)cc(Cl)n2)c(C)c1Br. The van der Waals surface area contributed by atoms with E-state index in [4.69, 9.17) is 16.9 Å². The summed E-state index contributed by atoms with van der Waals surface area (Å²) in [4.78, 5) is 4.16. The Bertz CT molecular complexity index is 627. The molecule has 0 aliphatic rings. The van der Waals surface area contributed by atoms with Crippen molar-refractivity contribution >= 4 is 27.5 Å². The zero-order chi connectivity index (χ0) is 12.6. The first kappa shape index (κ1) is 12.1. The number of hydrogen-bond donors (Lipinski definition) is 0. The third-order valence-corrected chi connectivity index (χ3v) is 3.67. The first-order valence-corrected chi connectivity index (χ1v) is 6.00. The summed E-state index contributed by atoms with van der Waals surface area (Å²) in [5.74, 6) is 0.542. The van der Waals surface area contributed by atoms with Crippen LogP contribution in [-0.4, -0.2) is 14.8 Å². The summed E-state index contributed by atoms with van der Waals surface area (Å²) in [5.41, 5.74) is 2.24. The van der Waals surface area contributed by atoms with Crippen LogP contribution in [0.25, 0.3) is 5.82 Å². The molecule has 0 bridgehead atoms. The van der Waals surface area contributed by atoms with Gasteiger partial charge in [-0.15, -0.1) is 0 Å². The Labute approximate surface area is 112 Å². The van der Waals surface area contributed by atoms with Gasteiger partial charge in [0.2, 0.25) is 0 Å². The molecule has 0 amide bonds. The van der Waals surface area contributed by atoms with Crippen LogP contribution >= 0.6 is 27.5 Å². The summed E-state index contributed by atoms with van der Waals surface area (Å²) in [6, 6.07) is 5.21. The van der Waals surface area contributed by atoms with Crippen LogP contribution in [0.3, 0.4) is 0 Å². The van der Waals surface area contributed by atoms with Gasteiger partial charge in [-0.25, -0.2) is 9.67 Å². The Morgan fingerprint density at radius 2 is 2.12 bits per heavy atom. The van der Waals surface area contributed by atoms with Gasteiger partial charge < -0.3 is 0 Å². The van der Waals surface area contributed by atoms with Crippen molar-refractivity contribution in [2.24, 2.45) is 0 Å². The largest absolute Gasteiger partial charge is 0.218 e. The summed E-state index contributed by atoms with van der Waals surface area (Å²) < 4.78 is 2.59. The maximum atomic E-state index is 8.89. The highest BCUT2D eigenvalue weighted by Crippen LogP contribution is 2.23. The van der Waals surface area contributed by atoms with E-state index in [0.29, 0.717) is 11.4 Å². The van der Waals surface area contributed by atoms with E-state index in [-0.39, 0.29) is 5.15 Å². The van der Waals surface area contributed by atoms with Crippen molar-refractivity contribution < 1.29 is 0 Å². The molecule has 2 heterocycles. The molecule has 0 aromatic carbocycles.